The maximum atomic E-state index is 12.0. The van der Waals surface area contributed by atoms with Gasteiger partial charge in [-0.05, 0) is 10.9 Å². The van der Waals surface area contributed by atoms with Gasteiger partial charge in [0.1, 0.15) is 0 Å². The third-order valence-electron chi connectivity index (χ3n) is 3.21. The molecule has 2 nitrogen and oxygen atoms in total. The summed E-state index contributed by atoms with van der Waals surface area (Å²) in [5.74, 6) is 0. The Morgan fingerprint density at radius 1 is 0.889 bits per heavy atom. The number of hydrogen-bond donors (Lipinski definition) is 0. The molecular weight excluding hydrogens is 222 g/mol. The molecule has 0 atom stereocenters. The summed E-state index contributed by atoms with van der Waals surface area (Å²) in [6, 6.07) is 19.7. The molecule has 0 fully saturated rings. The molecule has 0 bridgehead atoms. The minimum Gasteiger partial charge on any atom is -0.311 e. The highest BCUT2D eigenvalue weighted by Crippen LogP contribution is 2.26. The molecule has 88 valence electrons. The maximum absolute atomic E-state index is 12.0. The van der Waals surface area contributed by atoms with Gasteiger partial charge in [-0.2, -0.15) is 0 Å². The van der Waals surface area contributed by atoms with Crippen LogP contribution < -0.4 is 5.56 Å². The van der Waals surface area contributed by atoms with Crippen LogP contribution in [0.1, 0.15) is 0 Å². The molecule has 1 aromatic heterocycles. The van der Waals surface area contributed by atoms with Gasteiger partial charge >= 0.3 is 0 Å². The molecule has 0 amide bonds. The molecular formula is C16H13NO. The van der Waals surface area contributed by atoms with E-state index < -0.39 is 0 Å². The van der Waals surface area contributed by atoms with Gasteiger partial charge in [-0.3, -0.25) is 4.79 Å². The van der Waals surface area contributed by atoms with Gasteiger partial charge in [-0.25, -0.2) is 0 Å². The molecule has 0 aliphatic carbocycles. The predicted octanol–water partition coefficient (Wildman–Crippen LogP) is 3.21. The largest absolute Gasteiger partial charge is 0.311 e. The quantitative estimate of drug-likeness (QED) is 0.635. The fourth-order valence-electron chi connectivity index (χ4n) is 2.30. The van der Waals surface area contributed by atoms with Gasteiger partial charge in [0.2, 0.25) is 0 Å². The highest BCUT2D eigenvalue weighted by atomic mass is 16.1. The van der Waals surface area contributed by atoms with Crippen LogP contribution in [0.2, 0.25) is 0 Å². The normalized spacial score (nSPS) is 10.7. The Bertz CT molecular complexity index is 757. The van der Waals surface area contributed by atoms with E-state index >= 15 is 0 Å². The van der Waals surface area contributed by atoms with Crippen molar-refractivity contribution in [1.29, 1.82) is 0 Å². The zero-order valence-electron chi connectivity index (χ0n) is 10.1. The summed E-state index contributed by atoms with van der Waals surface area (Å²) in [7, 11) is 1.82. The third kappa shape index (κ3) is 1.63. The van der Waals surface area contributed by atoms with Crippen LogP contribution in [-0.2, 0) is 7.05 Å². The van der Waals surface area contributed by atoms with E-state index in [-0.39, 0.29) is 5.56 Å². The topological polar surface area (TPSA) is 22.0 Å². The van der Waals surface area contributed by atoms with Crippen molar-refractivity contribution >= 4 is 10.8 Å². The van der Waals surface area contributed by atoms with E-state index in [4.69, 9.17) is 0 Å². The second kappa shape index (κ2) is 4.15. The smallest absolute Gasteiger partial charge is 0.251 e. The van der Waals surface area contributed by atoms with E-state index in [2.05, 4.69) is 6.07 Å². The van der Waals surface area contributed by atoms with Crippen LogP contribution in [0.3, 0.4) is 0 Å². The maximum Gasteiger partial charge on any atom is 0.251 e. The Morgan fingerprint density at radius 3 is 2.33 bits per heavy atom. The minimum atomic E-state index is 0.0209. The lowest BCUT2D eigenvalue weighted by molar-refractivity contribution is 0.880. The first-order chi connectivity index (χ1) is 8.77. The van der Waals surface area contributed by atoms with Gasteiger partial charge in [0, 0.05) is 18.5 Å². The Morgan fingerprint density at radius 2 is 1.56 bits per heavy atom. The summed E-state index contributed by atoms with van der Waals surface area (Å²) < 4.78 is 1.71. The lowest BCUT2D eigenvalue weighted by Gasteiger charge is -2.11. The number of pyridine rings is 1. The summed E-state index contributed by atoms with van der Waals surface area (Å²) in [5, 5.41) is 2.09. The molecule has 3 aromatic rings. The fourth-order valence-corrected chi connectivity index (χ4v) is 2.30. The van der Waals surface area contributed by atoms with Crippen LogP contribution in [0.25, 0.3) is 22.0 Å². The summed E-state index contributed by atoms with van der Waals surface area (Å²) in [6.45, 7) is 0. The standard InChI is InChI=1S/C16H13NO/c1-17-15(18)11-13-9-5-6-10-14(13)16(17)12-7-3-2-4-8-12/h2-11H,1H3. The number of nitrogens with zero attached hydrogens (tertiary/aromatic N) is 1. The first-order valence-corrected chi connectivity index (χ1v) is 5.91. The molecule has 18 heavy (non-hydrogen) atoms. The lowest BCUT2D eigenvalue weighted by atomic mass is 10.0. The van der Waals surface area contributed by atoms with E-state index in [0.29, 0.717) is 0 Å². The second-order valence-electron chi connectivity index (χ2n) is 4.34. The Kier molecular flexibility index (Phi) is 2.49. The van der Waals surface area contributed by atoms with Crippen molar-refractivity contribution in [1.82, 2.24) is 4.57 Å². The van der Waals surface area contributed by atoms with Crippen molar-refractivity contribution in [2.45, 2.75) is 0 Å². The second-order valence-corrected chi connectivity index (χ2v) is 4.34. The zero-order chi connectivity index (χ0) is 12.5. The van der Waals surface area contributed by atoms with Gasteiger partial charge < -0.3 is 4.57 Å². The number of fused-ring (bicyclic) bond motifs is 1. The molecule has 2 heteroatoms. The molecule has 0 aliphatic heterocycles. The molecule has 0 N–H and O–H groups in total. The van der Waals surface area contributed by atoms with Gasteiger partial charge in [0.15, 0.2) is 0 Å². The van der Waals surface area contributed by atoms with Crippen LogP contribution in [-0.4, -0.2) is 4.57 Å². The van der Waals surface area contributed by atoms with Crippen molar-refractivity contribution in [2.75, 3.05) is 0 Å². The number of hydrogen-bond acceptors (Lipinski definition) is 1. The van der Waals surface area contributed by atoms with E-state index in [1.165, 1.54) is 0 Å². The van der Waals surface area contributed by atoms with Crippen molar-refractivity contribution in [2.24, 2.45) is 7.05 Å². The van der Waals surface area contributed by atoms with Crippen LogP contribution >= 0.6 is 0 Å². The zero-order valence-corrected chi connectivity index (χ0v) is 10.1. The molecule has 0 radical (unpaired) electrons. The van der Waals surface area contributed by atoms with Gasteiger partial charge in [-0.1, -0.05) is 54.6 Å². The average molecular weight is 235 g/mol. The monoisotopic (exact) mass is 235 g/mol. The van der Waals surface area contributed by atoms with Crippen LogP contribution in [0.5, 0.6) is 0 Å². The van der Waals surface area contributed by atoms with E-state index in [1.807, 2.05) is 55.6 Å². The summed E-state index contributed by atoms with van der Waals surface area (Å²) in [6.07, 6.45) is 0. The van der Waals surface area contributed by atoms with Crippen molar-refractivity contribution in [3.05, 3.63) is 71.0 Å². The van der Waals surface area contributed by atoms with Crippen LogP contribution in [0.4, 0.5) is 0 Å². The van der Waals surface area contributed by atoms with Gasteiger partial charge in [0.25, 0.3) is 5.56 Å². The van der Waals surface area contributed by atoms with Crippen LogP contribution in [0, 0.1) is 0 Å². The summed E-state index contributed by atoms with van der Waals surface area (Å²) in [4.78, 5) is 12.0. The molecule has 1 heterocycles. The highest BCUT2D eigenvalue weighted by molar-refractivity contribution is 5.94. The Labute approximate surface area is 105 Å². The number of aromatic nitrogens is 1. The third-order valence-corrected chi connectivity index (χ3v) is 3.21. The van der Waals surface area contributed by atoms with Crippen molar-refractivity contribution < 1.29 is 0 Å². The molecule has 0 spiro atoms. The van der Waals surface area contributed by atoms with E-state index in [1.54, 1.807) is 10.6 Å². The molecule has 3 rings (SSSR count). The van der Waals surface area contributed by atoms with Gasteiger partial charge in [-0.15, -0.1) is 0 Å². The predicted molar refractivity (Wildman–Crippen MR) is 74.6 cm³/mol. The Hall–Kier alpha value is -2.35. The van der Waals surface area contributed by atoms with Crippen molar-refractivity contribution in [3.63, 3.8) is 0 Å². The molecule has 0 saturated carbocycles. The minimum absolute atomic E-state index is 0.0209. The van der Waals surface area contributed by atoms with Gasteiger partial charge in [0.05, 0.1) is 5.69 Å². The highest BCUT2D eigenvalue weighted by Gasteiger charge is 2.08. The lowest BCUT2D eigenvalue weighted by Crippen LogP contribution is -2.17. The average Bonchev–Trinajstić information content (AvgIpc) is 2.41. The van der Waals surface area contributed by atoms with E-state index in [9.17, 15) is 4.79 Å². The summed E-state index contributed by atoms with van der Waals surface area (Å²) >= 11 is 0. The van der Waals surface area contributed by atoms with Crippen molar-refractivity contribution in [3.8, 4) is 11.3 Å². The van der Waals surface area contributed by atoms with Crippen LogP contribution in [0.15, 0.2) is 65.5 Å². The number of benzene rings is 2. The molecule has 2 aromatic carbocycles. The number of rotatable bonds is 1. The molecule has 0 unspecified atom stereocenters. The molecule has 0 aliphatic rings. The first-order valence-electron chi connectivity index (χ1n) is 5.91. The van der Waals surface area contributed by atoms with E-state index in [0.717, 1.165) is 22.0 Å². The Balaban J connectivity index is 2.47. The molecule has 0 saturated heterocycles. The first kappa shape index (κ1) is 10.8. The summed E-state index contributed by atoms with van der Waals surface area (Å²) in [5.41, 5.74) is 2.06. The fraction of sp³-hybridized carbons (Fsp3) is 0.0625. The SMILES string of the molecule is Cn1c(-c2ccccc2)c2ccccc2cc1=O.